The molecule has 1 N–H and O–H groups in total. The van der Waals surface area contributed by atoms with Gasteiger partial charge in [-0.25, -0.2) is 0 Å². The molecule has 1 aliphatic rings. The van der Waals surface area contributed by atoms with E-state index in [1.54, 1.807) is 7.11 Å². The maximum atomic E-state index is 5.59. The van der Waals surface area contributed by atoms with Crippen LogP contribution in [0, 0.1) is 0 Å². The summed E-state index contributed by atoms with van der Waals surface area (Å²) in [5.74, 6) is 1.34. The minimum atomic E-state index is -0.316. The number of hydrogen-bond acceptors (Lipinski definition) is 5. The molecule has 1 saturated carbocycles. The van der Waals surface area contributed by atoms with Crippen molar-refractivity contribution < 1.29 is 9.26 Å². The minimum absolute atomic E-state index is 0.166. The largest absolute Gasteiger partial charge is 0.370 e. The number of hydrogen-bond donors (Lipinski definition) is 1. The number of nitrogens with zero attached hydrogens (tertiary/aromatic N) is 2. The Hall–Kier alpha value is -1.72. The highest BCUT2D eigenvalue weighted by Gasteiger charge is 2.43. The van der Waals surface area contributed by atoms with Crippen LogP contribution in [0.5, 0.6) is 0 Å². The second kappa shape index (κ2) is 5.95. The van der Waals surface area contributed by atoms with Gasteiger partial charge in [-0.15, -0.1) is 0 Å². The standard InChI is InChI=1S/C16H21N3O2/c1-17-13(12-7-4-3-5-8-12)11-14-18-15(19-21-14)16(20-2)9-6-10-16/h3-5,7-8,13,17H,6,9-11H2,1-2H3. The average Bonchev–Trinajstić information content (AvgIpc) is 2.94. The van der Waals surface area contributed by atoms with E-state index in [-0.39, 0.29) is 11.6 Å². The van der Waals surface area contributed by atoms with E-state index in [1.807, 2.05) is 25.2 Å². The number of methoxy groups -OCH3 is 1. The number of rotatable bonds is 6. The molecule has 1 aliphatic carbocycles. The van der Waals surface area contributed by atoms with Crippen LogP contribution in [0.3, 0.4) is 0 Å². The Labute approximate surface area is 124 Å². The summed E-state index contributed by atoms with van der Waals surface area (Å²) in [6.07, 6.45) is 3.77. The molecule has 0 bridgehead atoms. The van der Waals surface area contributed by atoms with E-state index in [0.717, 1.165) is 19.3 Å². The predicted octanol–water partition coefficient (Wildman–Crippen LogP) is 2.60. The Kier molecular flexibility index (Phi) is 4.03. The van der Waals surface area contributed by atoms with Crippen molar-refractivity contribution in [3.05, 3.63) is 47.6 Å². The first-order chi connectivity index (χ1) is 10.3. The Balaban J connectivity index is 1.74. The second-order valence-corrected chi connectivity index (χ2v) is 5.52. The molecule has 0 radical (unpaired) electrons. The van der Waals surface area contributed by atoms with Crippen LogP contribution in [0.15, 0.2) is 34.9 Å². The lowest BCUT2D eigenvalue weighted by molar-refractivity contribution is -0.0858. The van der Waals surface area contributed by atoms with E-state index in [2.05, 4.69) is 27.6 Å². The van der Waals surface area contributed by atoms with Gasteiger partial charge in [0.1, 0.15) is 5.60 Å². The monoisotopic (exact) mass is 287 g/mol. The zero-order valence-corrected chi connectivity index (χ0v) is 12.5. The van der Waals surface area contributed by atoms with E-state index < -0.39 is 0 Å². The third kappa shape index (κ3) is 2.71. The lowest BCUT2D eigenvalue weighted by atomic mass is 9.79. The summed E-state index contributed by atoms with van der Waals surface area (Å²) in [7, 11) is 3.66. The molecule has 0 amide bonds. The van der Waals surface area contributed by atoms with Gasteiger partial charge in [-0.3, -0.25) is 0 Å². The van der Waals surface area contributed by atoms with Gasteiger partial charge >= 0.3 is 0 Å². The van der Waals surface area contributed by atoms with Crippen LogP contribution in [0.1, 0.15) is 42.6 Å². The van der Waals surface area contributed by atoms with Gasteiger partial charge in [0.2, 0.25) is 11.7 Å². The number of ether oxygens (including phenoxy) is 1. The molecular weight excluding hydrogens is 266 g/mol. The Morgan fingerprint density at radius 2 is 2.10 bits per heavy atom. The van der Waals surface area contributed by atoms with Crippen molar-refractivity contribution in [1.82, 2.24) is 15.5 Å². The zero-order chi connectivity index (χ0) is 14.7. The molecule has 21 heavy (non-hydrogen) atoms. The van der Waals surface area contributed by atoms with E-state index in [9.17, 15) is 0 Å². The van der Waals surface area contributed by atoms with Crippen LogP contribution in [0.25, 0.3) is 0 Å². The van der Waals surface area contributed by atoms with Gasteiger partial charge < -0.3 is 14.6 Å². The van der Waals surface area contributed by atoms with Crippen molar-refractivity contribution in [2.45, 2.75) is 37.3 Å². The first-order valence-corrected chi connectivity index (χ1v) is 7.38. The number of likely N-dealkylation sites (N-methyl/N-ethyl adjacent to an activating group) is 1. The van der Waals surface area contributed by atoms with Crippen LogP contribution in [0.4, 0.5) is 0 Å². The van der Waals surface area contributed by atoms with Gasteiger partial charge in [0.15, 0.2) is 0 Å². The minimum Gasteiger partial charge on any atom is -0.370 e. The molecule has 0 saturated heterocycles. The first-order valence-electron chi connectivity index (χ1n) is 7.38. The number of aromatic nitrogens is 2. The molecule has 5 heteroatoms. The van der Waals surface area contributed by atoms with Crippen molar-refractivity contribution in [3.63, 3.8) is 0 Å². The summed E-state index contributed by atoms with van der Waals surface area (Å²) in [5, 5.41) is 7.42. The smallest absolute Gasteiger partial charge is 0.228 e. The normalized spacial score (nSPS) is 18.2. The van der Waals surface area contributed by atoms with Gasteiger partial charge in [0, 0.05) is 19.6 Å². The maximum Gasteiger partial charge on any atom is 0.228 e. The highest BCUT2D eigenvalue weighted by Crippen LogP contribution is 2.42. The lowest BCUT2D eigenvalue weighted by Crippen LogP contribution is -2.37. The molecule has 1 fully saturated rings. The van der Waals surface area contributed by atoms with Crippen LogP contribution in [-0.4, -0.2) is 24.3 Å². The molecule has 3 rings (SSSR count). The summed E-state index contributed by atoms with van der Waals surface area (Å²) in [4.78, 5) is 4.55. The highest BCUT2D eigenvalue weighted by atomic mass is 16.5. The summed E-state index contributed by atoms with van der Waals surface area (Å²) in [5.41, 5.74) is 0.897. The highest BCUT2D eigenvalue weighted by molar-refractivity contribution is 5.20. The third-order valence-electron chi connectivity index (χ3n) is 4.36. The van der Waals surface area contributed by atoms with Crippen LogP contribution >= 0.6 is 0 Å². The van der Waals surface area contributed by atoms with Gasteiger partial charge in [0.05, 0.1) is 0 Å². The van der Waals surface area contributed by atoms with Crippen molar-refractivity contribution in [2.24, 2.45) is 0 Å². The fourth-order valence-electron chi connectivity index (χ4n) is 2.79. The van der Waals surface area contributed by atoms with Crippen molar-refractivity contribution in [2.75, 3.05) is 14.2 Å². The van der Waals surface area contributed by atoms with Gasteiger partial charge in [0.25, 0.3) is 0 Å². The molecule has 1 heterocycles. The van der Waals surface area contributed by atoms with Crippen molar-refractivity contribution in [3.8, 4) is 0 Å². The van der Waals surface area contributed by atoms with Gasteiger partial charge in [-0.2, -0.15) is 4.98 Å². The molecular formula is C16H21N3O2. The van der Waals surface area contributed by atoms with E-state index in [0.29, 0.717) is 18.1 Å². The van der Waals surface area contributed by atoms with Crippen molar-refractivity contribution in [1.29, 1.82) is 0 Å². The van der Waals surface area contributed by atoms with Gasteiger partial charge in [-0.05, 0) is 31.9 Å². The summed E-state index contributed by atoms with van der Waals surface area (Å²) in [6.45, 7) is 0. The van der Waals surface area contributed by atoms with Crippen LogP contribution in [-0.2, 0) is 16.8 Å². The fourth-order valence-corrected chi connectivity index (χ4v) is 2.79. The molecule has 1 atom stereocenters. The number of benzene rings is 1. The molecule has 0 aliphatic heterocycles. The molecule has 5 nitrogen and oxygen atoms in total. The molecule has 1 aromatic heterocycles. The van der Waals surface area contributed by atoms with E-state index in [1.165, 1.54) is 5.56 Å². The quantitative estimate of drug-likeness (QED) is 0.885. The summed E-state index contributed by atoms with van der Waals surface area (Å²) >= 11 is 0. The molecule has 1 unspecified atom stereocenters. The van der Waals surface area contributed by atoms with Gasteiger partial charge in [-0.1, -0.05) is 35.5 Å². The zero-order valence-electron chi connectivity index (χ0n) is 12.5. The topological polar surface area (TPSA) is 60.2 Å². The average molecular weight is 287 g/mol. The Morgan fingerprint density at radius 3 is 2.67 bits per heavy atom. The number of nitrogens with one attached hydrogen (secondary N) is 1. The van der Waals surface area contributed by atoms with Crippen LogP contribution < -0.4 is 5.32 Å². The summed E-state index contributed by atoms with van der Waals surface area (Å²) < 4.78 is 11.0. The molecule has 112 valence electrons. The molecule has 0 spiro atoms. The predicted molar refractivity (Wildman–Crippen MR) is 78.8 cm³/mol. The maximum absolute atomic E-state index is 5.59. The molecule has 1 aromatic carbocycles. The van der Waals surface area contributed by atoms with Crippen molar-refractivity contribution >= 4 is 0 Å². The lowest BCUT2D eigenvalue weighted by Gasteiger charge is -2.37. The molecule has 2 aromatic rings. The third-order valence-corrected chi connectivity index (χ3v) is 4.36. The first kappa shape index (κ1) is 14.2. The second-order valence-electron chi connectivity index (χ2n) is 5.52. The SMILES string of the molecule is CNC(Cc1nc(C2(OC)CCC2)no1)c1ccccc1. The van der Waals surface area contributed by atoms with E-state index in [4.69, 9.17) is 9.26 Å². The van der Waals surface area contributed by atoms with Crippen LogP contribution in [0.2, 0.25) is 0 Å². The Morgan fingerprint density at radius 1 is 1.33 bits per heavy atom. The van der Waals surface area contributed by atoms with E-state index >= 15 is 0 Å². The Bertz CT molecular complexity index is 573. The summed E-state index contributed by atoms with van der Waals surface area (Å²) in [6, 6.07) is 10.4. The fraction of sp³-hybridized carbons (Fsp3) is 0.500.